The first-order valence-corrected chi connectivity index (χ1v) is 9.80. The lowest BCUT2D eigenvalue weighted by Gasteiger charge is -2.37. The van der Waals surface area contributed by atoms with Gasteiger partial charge < -0.3 is 20.0 Å². The van der Waals surface area contributed by atoms with Crippen LogP contribution in [-0.2, 0) is 0 Å². The number of hydrogen-bond donors (Lipinski definition) is 1. The van der Waals surface area contributed by atoms with Crippen LogP contribution in [0, 0.1) is 0 Å². The van der Waals surface area contributed by atoms with Crippen LogP contribution in [0.2, 0.25) is 0 Å². The van der Waals surface area contributed by atoms with Crippen molar-refractivity contribution in [2.45, 2.75) is 18.8 Å². The summed E-state index contributed by atoms with van der Waals surface area (Å²) in [6.07, 6.45) is 3.97. The first-order chi connectivity index (χ1) is 13.1. The van der Waals surface area contributed by atoms with Crippen molar-refractivity contribution >= 4 is 22.6 Å². The normalized spacial score (nSPS) is 18.7. The van der Waals surface area contributed by atoms with Gasteiger partial charge in [0, 0.05) is 57.3 Å². The fourth-order valence-corrected chi connectivity index (χ4v) is 4.12. The van der Waals surface area contributed by atoms with Gasteiger partial charge >= 0.3 is 6.03 Å². The van der Waals surface area contributed by atoms with Gasteiger partial charge in [0.25, 0.3) is 0 Å². The monoisotopic (exact) mass is 368 g/mol. The molecule has 4 rings (SSSR count). The molecule has 3 heterocycles. The van der Waals surface area contributed by atoms with Crippen molar-refractivity contribution in [1.82, 2.24) is 25.1 Å². The van der Waals surface area contributed by atoms with Gasteiger partial charge in [0.15, 0.2) is 0 Å². The SMILES string of the molecule is CN(C)C(=O)N1CCN(c2ccc3c(C4CCNCC4)ncnc3c2)CC1. The number of piperazine rings is 1. The van der Waals surface area contributed by atoms with Gasteiger partial charge in [-0.05, 0) is 44.1 Å². The summed E-state index contributed by atoms with van der Waals surface area (Å²) in [6.45, 7) is 5.31. The van der Waals surface area contributed by atoms with Gasteiger partial charge in [-0.25, -0.2) is 14.8 Å². The number of carbonyl (C=O) groups excluding carboxylic acids is 1. The van der Waals surface area contributed by atoms with E-state index in [9.17, 15) is 4.79 Å². The average molecular weight is 368 g/mol. The zero-order valence-electron chi connectivity index (χ0n) is 16.2. The molecule has 1 N–H and O–H groups in total. The van der Waals surface area contributed by atoms with E-state index in [1.165, 1.54) is 16.8 Å². The summed E-state index contributed by atoms with van der Waals surface area (Å²) in [4.78, 5) is 27.2. The second-order valence-corrected chi connectivity index (χ2v) is 7.64. The van der Waals surface area contributed by atoms with Crippen LogP contribution in [-0.4, -0.2) is 79.2 Å². The second kappa shape index (κ2) is 7.68. The minimum absolute atomic E-state index is 0.0903. The minimum Gasteiger partial charge on any atom is -0.368 e. The lowest BCUT2D eigenvalue weighted by atomic mass is 9.92. The van der Waals surface area contributed by atoms with E-state index >= 15 is 0 Å². The Morgan fingerprint density at radius 2 is 1.85 bits per heavy atom. The highest BCUT2D eigenvalue weighted by Gasteiger charge is 2.23. The molecule has 2 fully saturated rings. The van der Waals surface area contributed by atoms with Crippen LogP contribution in [0.25, 0.3) is 10.9 Å². The summed E-state index contributed by atoms with van der Waals surface area (Å²) in [5.41, 5.74) is 3.38. The number of fused-ring (bicyclic) bond motifs is 1. The highest BCUT2D eigenvalue weighted by molar-refractivity contribution is 5.84. The maximum atomic E-state index is 12.1. The Labute approximate surface area is 160 Å². The van der Waals surface area contributed by atoms with E-state index in [2.05, 4.69) is 38.4 Å². The fourth-order valence-electron chi connectivity index (χ4n) is 4.12. The van der Waals surface area contributed by atoms with Crippen LogP contribution in [0.15, 0.2) is 24.5 Å². The number of rotatable bonds is 2. The Morgan fingerprint density at radius 3 is 2.56 bits per heavy atom. The first kappa shape index (κ1) is 18.0. The number of benzene rings is 1. The summed E-state index contributed by atoms with van der Waals surface area (Å²) < 4.78 is 0. The number of nitrogens with zero attached hydrogens (tertiary/aromatic N) is 5. The van der Waals surface area contributed by atoms with E-state index in [-0.39, 0.29) is 6.03 Å². The Balaban J connectivity index is 1.52. The maximum Gasteiger partial charge on any atom is 0.319 e. The standard InChI is InChI=1S/C20H28N6O/c1-24(2)20(27)26-11-9-25(10-12-26)16-3-4-17-18(13-16)22-14-23-19(17)15-5-7-21-8-6-15/h3-4,13-15,21H,5-12H2,1-2H3. The Morgan fingerprint density at radius 1 is 1.11 bits per heavy atom. The van der Waals surface area contributed by atoms with Gasteiger partial charge in [0.05, 0.1) is 11.2 Å². The number of anilines is 1. The largest absolute Gasteiger partial charge is 0.368 e. The number of hydrogen-bond acceptors (Lipinski definition) is 5. The van der Waals surface area contributed by atoms with Crippen LogP contribution < -0.4 is 10.2 Å². The molecule has 0 aliphatic carbocycles. The zero-order valence-corrected chi connectivity index (χ0v) is 16.2. The maximum absolute atomic E-state index is 12.1. The number of amides is 2. The molecule has 2 amide bonds. The van der Waals surface area contributed by atoms with Gasteiger partial charge in [-0.3, -0.25) is 0 Å². The molecule has 2 aliphatic rings. The van der Waals surface area contributed by atoms with Crippen molar-refractivity contribution in [3.8, 4) is 0 Å². The summed E-state index contributed by atoms with van der Waals surface area (Å²) >= 11 is 0. The lowest BCUT2D eigenvalue weighted by molar-refractivity contribution is 0.168. The molecule has 0 saturated carbocycles. The van der Waals surface area contributed by atoms with Gasteiger partial charge in [0.2, 0.25) is 0 Å². The quantitative estimate of drug-likeness (QED) is 0.877. The molecule has 144 valence electrons. The van der Waals surface area contributed by atoms with Crippen molar-refractivity contribution in [2.75, 3.05) is 58.3 Å². The van der Waals surface area contributed by atoms with Crippen molar-refractivity contribution < 1.29 is 4.79 Å². The molecule has 2 aromatic rings. The summed E-state index contributed by atoms with van der Waals surface area (Å²) in [7, 11) is 3.61. The Kier molecular flexibility index (Phi) is 5.11. The van der Waals surface area contributed by atoms with E-state index in [1.807, 2.05) is 4.90 Å². The summed E-state index contributed by atoms with van der Waals surface area (Å²) in [6, 6.07) is 6.62. The van der Waals surface area contributed by atoms with E-state index in [0.29, 0.717) is 5.92 Å². The molecule has 0 atom stereocenters. The predicted octanol–water partition coefficient (Wildman–Crippen LogP) is 1.90. The van der Waals surface area contributed by atoms with Crippen molar-refractivity contribution in [1.29, 1.82) is 0 Å². The molecule has 2 aliphatic heterocycles. The van der Waals surface area contributed by atoms with Crippen LogP contribution in [0.1, 0.15) is 24.5 Å². The van der Waals surface area contributed by atoms with Crippen LogP contribution in [0.3, 0.4) is 0 Å². The van der Waals surface area contributed by atoms with Crippen molar-refractivity contribution in [2.24, 2.45) is 0 Å². The average Bonchev–Trinajstić information content (AvgIpc) is 2.73. The van der Waals surface area contributed by atoms with Crippen LogP contribution in [0.4, 0.5) is 10.5 Å². The summed E-state index contributed by atoms with van der Waals surface area (Å²) in [5.74, 6) is 0.517. The molecule has 0 unspecified atom stereocenters. The molecule has 0 bridgehead atoms. The van der Waals surface area contributed by atoms with Crippen molar-refractivity contribution in [3.63, 3.8) is 0 Å². The van der Waals surface area contributed by atoms with Crippen molar-refractivity contribution in [3.05, 3.63) is 30.2 Å². The third kappa shape index (κ3) is 3.69. The summed E-state index contributed by atoms with van der Waals surface area (Å²) in [5, 5.41) is 4.60. The second-order valence-electron chi connectivity index (χ2n) is 7.64. The van der Waals surface area contributed by atoms with Crippen LogP contribution in [0.5, 0.6) is 0 Å². The number of nitrogens with one attached hydrogen (secondary N) is 1. The molecule has 0 spiro atoms. The number of urea groups is 1. The van der Waals surface area contributed by atoms with E-state index in [4.69, 9.17) is 0 Å². The fraction of sp³-hybridized carbons (Fsp3) is 0.550. The third-order valence-corrected chi connectivity index (χ3v) is 5.67. The molecule has 2 saturated heterocycles. The van der Waals surface area contributed by atoms with Crippen LogP contribution >= 0.6 is 0 Å². The zero-order chi connectivity index (χ0) is 18.8. The highest BCUT2D eigenvalue weighted by atomic mass is 16.2. The molecule has 0 radical (unpaired) electrons. The number of piperidine rings is 1. The molecule has 7 nitrogen and oxygen atoms in total. The Hall–Kier alpha value is -2.41. The minimum atomic E-state index is 0.0903. The number of aromatic nitrogens is 2. The van der Waals surface area contributed by atoms with Gasteiger partial charge in [0.1, 0.15) is 6.33 Å². The molecular weight excluding hydrogens is 340 g/mol. The third-order valence-electron chi connectivity index (χ3n) is 5.67. The highest BCUT2D eigenvalue weighted by Crippen LogP contribution is 2.31. The molecular formula is C20H28N6O. The van der Waals surface area contributed by atoms with Gasteiger partial charge in [-0.2, -0.15) is 0 Å². The molecule has 7 heteroatoms. The Bertz CT molecular complexity index is 809. The van der Waals surface area contributed by atoms with Gasteiger partial charge in [-0.1, -0.05) is 0 Å². The van der Waals surface area contributed by atoms with E-state index < -0.39 is 0 Å². The lowest BCUT2D eigenvalue weighted by Crippen LogP contribution is -2.51. The number of carbonyl (C=O) groups is 1. The molecule has 1 aromatic heterocycles. The van der Waals surface area contributed by atoms with E-state index in [0.717, 1.165) is 57.6 Å². The van der Waals surface area contributed by atoms with E-state index in [1.54, 1.807) is 25.3 Å². The topological polar surface area (TPSA) is 64.6 Å². The smallest absolute Gasteiger partial charge is 0.319 e. The molecule has 1 aromatic carbocycles. The predicted molar refractivity (Wildman–Crippen MR) is 107 cm³/mol. The first-order valence-electron chi connectivity index (χ1n) is 9.80. The molecule has 27 heavy (non-hydrogen) atoms. The van der Waals surface area contributed by atoms with Gasteiger partial charge in [-0.15, -0.1) is 0 Å².